The number of hydrogen-bond donors (Lipinski definition) is 1. The van der Waals surface area contributed by atoms with Gasteiger partial charge in [-0.25, -0.2) is 0 Å². The average Bonchev–Trinajstić information content (AvgIpc) is 2.35. The number of carbonyl (C=O) groups is 1. The number of rotatable bonds is 10. The summed E-state index contributed by atoms with van der Waals surface area (Å²) in [4.78, 5) is 11.2. The van der Waals surface area contributed by atoms with Gasteiger partial charge in [-0.15, -0.1) is 0 Å². The number of nitrogens with one attached hydrogen (secondary N) is 1. The van der Waals surface area contributed by atoms with Crippen LogP contribution in [0.1, 0.15) is 32.6 Å². The molecule has 102 valence electrons. The first-order valence-corrected chi connectivity index (χ1v) is 7.99. The summed E-state index contributed by atoms with van der Waals surface area (Å²) in [5.41, 5.74) is 0. The van der Waals surface area contributed by atoms with Gasteiger partial charge in [-0.1, -0.05) is 6.42 Å². The molecule has 0 bridgehead atoms. The summed E-state index contributed by atoms with van der Waals surface area (Å²) >= 11 is 0. The molecule has 6 heteroatoms. The van der Waals surface area contributed by atoms with E-state index in [1.165, 1.54) is 0 Å². The van der Waals surface area contributed by atoms with Gasteiger partial charge in [0, 0.05) is 40.3 Å². The molecule has 0 rings (SSSR count). The molecule has 0 radical (unpaired) electrons. The lowest BCUT2D eigenvalue weighted by Crippen LogP contribution is -2.42. The monoisotopic (exact) mass is 263 g/mol. The van der Waals surface area contributed by atoms with Crippen molar-refractivity contribution in [3.05, 3.63) is 0 Å². The maximum absolute atomic E-state index is 11.2. The van der Waals surface area contributed by atoms with Crippen molar-refractivity contribution in [2.24, 2.45) is 0 Å². The fourth-order valence-corrected chi connectivity index (χ4v) is 3.44. The predicted molar refractivity (Wildman–Crippen MR) is 68.7 cm³/mol. The Labute approximate surface area is 105 Å². The molecule has 0 fully saturated rings. The van der Waals surface area contributed by atoms with E-state index in [1.54, 1.807) is 21.3 Å². The maximum atomic E-state index is 11.2. The van der Waals surface area contributed by atoms with Crippen LogP contribution < -0.4 is 5.32 Å². The van der Waals surface area contributed by atoms with Crippen molar-refractivity contribution in [1.29, 1.82) is 0 Å². The van der Waals surface area contributed by atoms with E-state index in [0.29, 0.717) is 13.0 Å². The van der Waals surface area contributed by atoms with Crippen LogP contribution in [0.3, 0.4) is 0 Å². The number of unbranched alkanes of at least 4 members (excludes halogenated alkanes) is 2. The fraction of sp³-hybridized carbons (Fsp3) is 0.909. The number of carbonyl (C=O) groups excluding carboxylic acids is 1. The molecule has 0 heterocycles. The number of amides is 1. The summed E-state index contributed by atoms with van der Waals surface area (Å²) in [6.45, 7) is 2.62. The lowest BCUT2D eigenvalue weighted by atomic mass is 10.2. The molecule has 0 aromatic carbocycles. The standard InChI is InChI=1S/C11H25NO4Si/c1-5-12-11(13)9-7-6-8-10-17(14-2,15-3)16-4/h5-10H2,1-4H3,(H,12,13). The van der Waals surface area contributed by atoms with E-state index in [9.17, 15) is 4.79 Å². The van der Waals surface area contributed by atoms with Crippen molar-refractivity contribution in [2.45, 2.75) is 38.7 Å². The van der Waals surface area contributed by atoms with E-state index >= 15 is 0 Å². The Morgan fingerprint density at radius 1 is 1.06 bits per heavy atom. The molecule has 0 aliphatic heterocycles. The maximum Gasteiger partial charge on any atom is 0.500 e. The summed E-state index contributed by atoms with van der Waals surface area (Å²) in [6.07, 6.45) is 3.44. The summed E-state index contributed by atoms with van der Waals surface area (Å²) in [5.74, 6) is 0.126. The van der Waals surface area contributed by atoms with Crippen LogP contribution in [0.25, 0.3) is 0 Å². The quantitative estimate of drug-likeness (QED) is 0.480. The van der Waals surface area contributed by atoms with Crippen LogP contribution in [0.5, 0.6) is 0 Å². The van der Waals surface area contributed by atoms with Crippen LogP contribution in [-0.4, -0.2) is 42.6 Å². The SMILES string of the molecule is CCNC(=O)CCCCC[Si](OC)(OC)OC. The molecular weight excluding hydrogens is 238 g/mol. The first kappa shape index (κ1) is 16.6. The molecule has 0 spiro atoms. The highest BCUT2D eigenvalue weighted by molar-refractivity contribution is 6.60. The van der Waals surface area contributed by atoms with Crippen molar-refractivity contribution in [2.75, 3.05) is 27.9 Å². The largest absolute Gasteiger partial charge is 0.500 e. The molecule has 0 unspecified atom stereocenters. The van der Waals surface area contributed by atoms with Crippen LogP contribution >= 0.6 is 0 Å². The zero-order valence-corrected chi connectivity index (χ0v) is 12.4. The highest BCUT2D eigenvalue weighted by atomic mass is 28.4. The zero-order chi connectivity index (χ0) is 13.1. The van der Waals surface area contributed by atoms with E-state index in [4.69, 9.17) is 13.3 Å². The van der Waals surface area contributed by atoms with Gasteiger partial charge < -0.3 is 18.6 Å². The van der Waals surface area contributed by atoms with E-state index in [1.807, 2.05) is 6.92 Å². The Morgan fingerprint density at radius 2 is 1.65 bits per heavy atom. The van der Waals surface area contributed by atoms with Crippen molar-refractivity contribution in [3.8, 4) is 0 Å². The molecule has 17 heavy (non-hydrogen) atoms. The Bertz CT molecular complexity index is 201. The minimum atomic E-state index is -2.41. The molecule has 5 nitrogen and oxygen atoms in total. The fourth-order valence-electron chi connectivity index (χ4n) is 1.65. The Morgan fingerprint density at radius 3 is 2.12 bits per heavy atom. The second kappa shape index (κ2) is 9.58. The Hall–Kier alpha value is -0.433. The molecule has 0 saturated carbocycles. The van der Waals surface area contributed by atoms with Crippen molar-refractivity contribution in [3.63, 3.8) is 0 Å². The lowest BCUT2D eigenvalue weighted by Gasteiger charge is -2.24. The van der Waals surface area contributed by atoms with E-state index in [-0.39, 0.29) is 5.91 Å². The third-order valence-corrected chi connectivity index (χ3v) is 5.53. The third-order valence-electron chi connectivity index (χ3n) is 2.69. The van der Waals surface area contributed by atoms with Crippen LogP contribution in [0.4, 0.5) is 0 Å². The minimum Gasteiger partial charge on any atom is -0.377 e. The van der Waals surface area contributed by atoms with Gasteiger partial charge in [-0.2, -0.15) is 0 Å². The highest BCUT2D eigenvalue weighted by Crippen LogP contribution is 2.17. The summed E-state index contributed by atoms with van der Waals surface area (Å²) in [6, 6.07) is 0.798. The highest BCUT2D eigenvalue weighted by Gasteiger charge is 2.36. The predicted octanol–water partition coefficient (Wildman–Crippen LogP) is 1.56. The third kappa shape index (κ3) is 6.77. The second-order valence-corrected chi connectivity index (χ2v) is 6.90. The van der Waals surface area contributed by atoms with Gasteiger partial charge in [-0.05, 0) is 19.8 Å². The molecule has 0 aromatic heterocycles. The van der Waals surface area contributed by atoms with Gasteiger partial charge in [-0.3, -0.25) is 4.79 Å². The Kier molecular flexibility index (Phi) is 9.34. The van der Waals surface area contributed by atoms with Crippen LogP contribution in [0.2, 0.25) is 6.04 Å². The summed E-state index contributed by atoms with van der Waals surface area (Å²) < 4.78 is 16.0. The van der Waals surface area contributed by atoms with Gasteiger partial charge in [0.1, 0.15) is 0 Å². The van der Waals surface area contributed by atoms with E-state index < -0.39 is 8.80 Å². The van der Waals surface area contributed by atoms with Crippen LogP contribution in [-0.2, 0) is 18.1 Å². The molecule has 0 saturated heterocycles. The Balaban J connectivity index is 3.65. The molecule has 0 aliphatic carbocycles. The lowest BCUT2D eigenvalue weighted by molar-refractivity contribution is -0.121. The topological polar surface area (TPSA) is 56.8 Å². The van der Waals surface area contributed by atoms with Gasteiger partial charge >= 0.3 is 8.80 Å². The molecule has 1 N–H and O–H groups in total. The van der Waals surface area contributed by atoms with Gasteiger partial charge in [0.25, 0.3) is 0 Å². The normalized spacial score (nSPS) is 11.5. The zero-order valence-electron chi connectivity index (χ0n) is 11.4. The van der Waals surface area contributed by atoms with Gasteiger partial charge in [0.15, 0.2) is 0 Å². The molecule has 0 aliphatic rings. The van der Waals surface area contributed by atoms with Crippen molar-refractivity contribution < 1.29 is 18.1 Å². The summed E-state index contributed by atoms with van der Waals surface area (Å²) in [5, 5.41) is 2.78. The van der Waals surface area contributed by atoms with E-state index in [2.05, 4.69) is 5.32 Å². The molecule has 0 aromatic rings. The van der Waals surface area contributed by atoms with Gasteiger partial charge in [0.2, 0.25) is 5.91 Å². The van der Waals surface area contributed by atoms with Gasteiger partial charge in [0.05, 0.1) is 0 Å². The van der Waals surface area contributed by atoms with Crippen molar-refractivity contribution >= 4 is 14.7 Å². The van der Waals surface area contributed by atoms with E-state index in [0.717, 1.165) is 25.3 Å². The average molecular weight is 263 g/mol. The molecular formula is C11H25NO4Si. The first-order valence-electron chi connectivity index (χ1n) is 6.06. The first-order chi connectivity index (χ1) is 8.14. The van der Waals surface area contributed by atoms with Crippen LogP contribution in [0.15, 0.2) is 0 Å². The summed E-state index contributed by atoms with van der Waals surface area (Å²) in [7, 11) is 2.45. The van der Waals surface area contributed by atoms with Crippen LogP contribution in [0, 0.1) is 0 Å². The number of hydrogen-bond acceptors (Lipinski definition) is 4. The minimum absolute atomic E-state index is 0.126. The smallest absolute Gasteiger partial charge is 0.377 e. The molecule has 0 atom stereocenters. The molecule has 1 amide bonds. The van der Waals surface area contributed by atoms with Crippen molar-refractivity contribution in [1.82, 2.24) is 5.32 Å². The second-order valence-electron chi connectivity index (χ2n) is 3.81.